The van der Waals surface area contributed by atoms with E-state index in [9.17, 15) is 5.11 Å². The first kappa shape index (κ1) is 17.7. The maximum Gasteiger partial charge on any atom is 0.0434 e. The van der Waals surface area contributed by atoms with Crippen molar-refractivity contribution < 1.29 is 5.11 Å². The smallest absolute Gasteiger partial charge is 0.0434 e. The third kappa shape index (κ3) is 4.92. The molecule has 1 aliphatic heterocycles. The summed E-state index contributed by atoms with van der Waals surface area (Å²) >= 11 is 0. The molecular weight excluding hydrogens is 282 g/mol. The van der Waals surface area contributed by atoms with E-state index in [-0.39, 0.29) is 6.61 Å². The Labute approximate surface area is 140 Å². The van der Waals surface area contributed by atoms with Crippen molar-refractivity contribution in [2.75, 3.05) is 19.7 Å². The molecule has 0 radical (unpaired) electrons. The van der Waals surface area contributed by atoms with Gasteiger partial charge in [0.1, 0.15) is 0 Å². The van der Waals surface area contributed by atoms with Crippen molar-refractivity contribution in [1.29, 1.82) is 0 Å². The second-order valence-corrected chi connectivity index (χ2v) is 5.97. The lowest BCUT2D eigenvalue weighted by Gasteiger charge is -2.17. The van der Waals surface area contributed by atoms with Gasteiger partial charge in [0, 0.05) is 32.2 Å². The second-order valence-electron chi connectivity index (χ2n) is 5.97. The molecular formula is C21H29NO. The maximum absolute atomic E-state index is 9.35. The lowest BCUT2D eigenvalue weighted by molar-refractivity contribution is 0.246. The van der Waals surface area contributed by atoms with Gasteiger partial charge in [-0.1, -0.05) is 74.5 Å². The van der Waals surface area contributed by atoms with Gasteiger partial charge in [-0.2, -0.15) is 0 Å². The molecule has 124 valence electrons. The van der Waals surface area contributed by atoms with E-state index < -0.39 is 0 Å². The molecule has 0 saturated carbocycles. The first-order chi connectivity index (χ1) is 11.4. The quantitative estimate of drug-likeness (QED) is 0.889. The van der Waals surface area contributed by atoms with Crippen LogP contribution in [0.25, 0.3) is 0 Å². The molecule has 2 atom stereocenters. The number of aliphatic hydroxyl groups is 1. The predicted molar refractivity (Wildman–Crippen MR) is 97.4 cm³/mol. The first-order valence-electron chi connectivity index (χ1n) is 8.79. The molecule has 0 bridgehead atoms. The van der Waals surface area contributed by atoms with Crippen molar-refractivity contribution in [2.45, 2.75) is 32.7 Å². The molecule has 2 nitrogen and oxygen atoms in total. The molecule has 3 rings (SSSR count). The van der Waals surface area contributed by atoms with Crippen LogP contribution in [0.3, 0.4) is 0 Å². The fourth-order valence-corrected chi connectivity index (χ4v) is 3.47. The van der Waals surface area contributed by atoms with Crippen LogP contribution in [-0.2, 0) is 6.54 Å². The normalized spacial score (nSPS) is 20.8. The Morgan fingerprint density at radius 1 is 0.913 bits per heavy atom. The molecule has 2 aromatic carbocycles. The Morgan fingerprint density at radius 2 is 1.52 bits per heavy atom. The van der Waals surface area contributed by atoms with Gasteiger partial charge in [0.05, 0.1) is 0 Å². The third-order valence-electron chi connectivity index (χ3n) is 4.49. The van der Waals surface area contributed by atoms with Gasteiger partial charge >= 0.3 is 0 Å². The number of benzene rings is 2. The largest absolute Gasteiger partial charge is 0.396 e. The number of likely N-dealkylation sites (tertiary alicyclic amines) is 1. The van der Waals surface area contributed by atoms with Gasteiger partial charge in [0.2, 0.25) is 0 Å². The molecule has 1 N–H and O–H groups in total. The summed E-state index contributed by atoms with van der Waals surface area (Å²) in [5.74, 6) is 1.10. The molecule has 1 aliphatic rings. The van der Waals surface area contributed by atoms with Crippen LogP contribution >= 0.6 is 0 Å². The summed E-state index contributed by atoms with van der Waals surface area (Å²) in [4.78, 5) is 2.52. The van der Waals surface area contributed by atoms with Gasteiger partial charge < -0.3 is 5.11 Å². The van der Waals surface area contributed by atoms with Crippen LogP contribution in [0.1, 0.15) is 37.3 Å². The number of hydrogen-bond donors (Lipinski definition) is 1. The van der Waals surface area contributed by atoms with E-state index in [1.54, 1.807) is 0 Å². The van der Waals surface area contributed by atoms with Crippen LogP contribution in [0.5, 0.6) is 0 Å². The van der Waals surface area contributed by atoms with Crippen molar-refractivity contribution in [3.63, 3.8) is 0 Å². The van der Waals surface area contributed by atoms with Gasteiger partial charge in [-0.3, -0.25) is 4.90 Å². The Bertz CT molecular complexity index is 540. The zero-order chi connectivity index (χ0) is 16.5. The summed E-state index contributed by atoms with van der Waals surface area (Å²) in [5.41, 5.74) is 2.78. The van der Waals surface area contributed by atoms with Crippen LogP contribution in [0, 0.1) is 5.92 Å². The standard InChI is InChI=1S/C19H23NO.C2H6/c21-12-11-18-14-20(13-16-7-3-1-4-8-16)15-19(18)17-9-5-2-6-10-17;1-2/h1-10,18-19,21H,11-15H2;1-2H3/t18-,19+;/m0./s1. The molecule has 0 spiro atoms. The topological polar surface area (TPSA) is 23.5 Å². The number of rotatable bonds is 5. The minimum atomic E-state index is 0.285. The molecule has 0 unspecified atom stereocenters. The highest BCUT2D eigenvalue weighted by atomic mass is 16.3. The molecule has 2 aromatic rings. The third-order valence-corrected chi connectivity index (χ3v) is 4.49. The van der Waals surface area contributed by atoms with Gasteiger partial charge in [-0.15, -0.1) is 0 Å². The Balaban J connectivity index is 0.000000924. The van der Waals surface area contributed by atoms with Gasteiger partial charge in [0.25, 0.3) is 0 Å². The van der Waals surface area contributed by atoms with E-state index in [4.69, 9.17) is 0 Å². The monoisotopic (exact) mass is 311 g/mol. The highest BCUT2D eigenvalue weighted by Gasteiger charge is 2.32. The summed E-state index contributed by atoms with van der Waals surface area (Å²) < 4.78 is 0. The van der Waals surface area contributed by atoms with E-state index in [1.165, 1.54) is 11.1 Å². The van der Waals surface area contributed by atoms with Crippen molar-refractivity contribution in [3.05, 3.63) is 71.8 Å². The van der Waals surface area contributed by atoms with Crippen molar-refractivity contribution in [2.24, 2.45) is 5.92 Å². The van der Waals surface area contributed by atoms with Crippen molar-refractivity contribution >= 4 is 0 Å². The van der Waals surface area contributed by atoms with E-state index in [0.717, 1.165) is 26.1 Å². The SMILES string of the molecule is CC.OCC[C@H]1CN(Cc2ccccc2)C[C@@H]1c1ccccc1. The first-order valence-corrected chi connectivity index (χ1v) is 8.79. The fourth-order valence-electron chi connectivity index (χ4n) is 3.47. The molecule has 1 saturated heterocycles. The average molecular weight is 311 g/mol. The van der Waals surface area contributed by atoms with Crippen LogP contribution in [0.4, 0.5) is 0 Å². The summed E-state index contributed by atoms with van der Waals surface area (Å²) in [7, 11) is 0. The molecule has 1 fully saturated rings. The lowest BCUT2D eigenvalue weighted by atomic mass is 9.87. The van der Waals surface area contributed by atoms with Crippen LogP contribution < -0.4 is 0 Å². The fraction of sp³-hybridized carbons (Fsp3) is 0.429. The Morgan fingerprint density at radius 3 is 2.13 bits per heavy atom. The van der Waals surface area contributed by atoms with E-state index in [0.29, 0.717) is 11.8 Å². The predicted octanol–water partition coefficient (Wildman–Crippen LogP) is 4.31. The molecule has 0 aromatic heterocycles. The van der Waals surface area contributed by atoms with Crippen LogP contribution in [0.15, 0.2) is 60.7 Å². The Kier molecular flexibility index (Phi) is 7.31. The number of nitrogens with zero attached hydrogens (tertiary/aromatic N) is 1. The summed E-state index contributed by atoms with van der Waals surface area (Å²) in [6, 6.07) is 21.4. The number of hydrogen-bond acceptors (Lipinski definition) is 2. The Hall–Kier alpha value is -1.64. The molecule has 0 aliphatic carbocycles. The highest BCUT2D eigenvalue weighted by Crippen LogP contribution is 2.35. The van der Waals surface area contributed by atoms with Crippen molar-refractivity contribution in [1.82, 2.24) is 4.90 Å². The average Bonchev–Trinajstić information content (AvgIpc) is 3.01. The summed E-state index contributed by atoms with van der Waals surface area (Å²) in [6.45, 7) is 7.46. The molecule has 23 heavy (non-hydrogen) atoms. The molecule has 1 heterocycles. The van der Waals surface area contributed by atoms with Crippen LogP contribution in [-0.4, -0.2) is 29.7 Å². The minimum absolute atomic E-state index is 0.285. The minimum Gasteiger partial charge on any atom is -0.396 e. The van der Waals surface area contributed by atoms with Crippen molar-refractivity contribution in [3.8, 4) is 0 Å². The van der Waals surface area contributed by atoms with E-state index in [2.05, 4.69) is 65.6 Å². The number of aliphatic hydroxyl groups excluding tert-OH is 1. The molecule has 0 amide bonds. The van der Waals surface area contributed by atoms with Crippen LogP contribution in [0.2, 0.25) is 0 Å². The summed E-state index contributed by atoms with van der Waals surface area (Å²) in [6.07, 6.45) is 0.894. The zero-order valence-corrected chi connectivity index (χ0v) is 14.4. The van der Waals surface area contributed by atoms with Gasteiger partial charge in [-0.25, -0.2) is 0 Å². The lowest BCUT2D eigenvalue weighted by Crippen LogP contribution is -2.20. The summed E-state index contributed by atoms with van der Waals surface area (Å²) in [5, 5.41) is 9.35. The maximum atomic E-state index is 9.35. The zero-order valence-electron chi connectivity index (χ0n) is 14.4. The molecule has 2 heteroatoms. The second kappa shape index (κ2) is 9.49. The van der Waals surface area contributed by atoms with Gasteiger partial charge in [-0.05, 0) is 23.5 Å². The highest BCUT2D eigenvalue weighted by molar-refractivity contribution is 5.23. The van der Waals surface area contributed by atoms with E-state index >= 15 is 0 Å². The van der Waals surface area contributed by atoms with Gasteiger partial charge in [0.15, 0.2) is 0 Å². The van der Waals surface area contributed by atoms with E-state index in [1.807, 2.05) is 13.8 Å².